The van der Waals surface area contributed by atoms with Gasteiger partial charge in [-0.3, -0.25) is 19.8 Å². The molecule has 7 heteroatoms. The second-order valence-corrected chi connectivity index (χ2v) is 6.69. The number of phenols is 1. The van der Waals surface area contributed by atoms with E-state index in [4.69, 9.17) is 0 Å². The van der Waals surface area contributed by atoms with Crippen LogP contribution in [0.15, 0.2) is 102 Å². The van der Waals surface area contributed by atoms with Crippen molar-refractivity contribution >= 4 is 29.2 Å². The van der Waals surface area contributed by atoms with E-state index in [1.165, 1.54) is 17.0 Å². The first-order valence-corrected chi connectivity index (χ1v) is 9.44. The third-order valence-corrected chi connectivity index (χ3v) is 4.65. The predicted octanol–water partition coefficient (Wildman–Crippen LogP) is 4.69. The molecule has 1 amide bonds. The third-order valence-electron chi connectivity index (χ3n) is 4.65. The van der Waals surface area contributed by atoms with Gasteiger partial charge in [0.15, 0.2) is 0 Å². The second-order valence-electron chi connectivity index (χ2n) is 6.69. The van der Waals surface area contributed by atoms with Gasteiger partial charge in [0.2, 0.25) is 0 Å². The van der Waals surface area contributed by atoms with Crippen LogP contribution in [0.2, 0.25) is 0 Å². The van der Waals surface area contributed by atoms with Gasteiger partial charge in [-0.05, 0) is 17.7 Å². The van der Waals surface area contributed by atoms with Crippen LogP contribution in [0, 0.1) is 10.1 Å². The number of nitro groups is 1. The largest absolute Gasteiger partial charge is 0.505 e. The Hall–Kier alpha value is -4.52. The van der Waals surface area contributed by atoms with Gasteiger partial charge in [0.25, 0.3) is 11.6 Å². The molecule has 0 unspecified atom stereocenters. The van der Waals surface area contributed by atoms with Crippen molar-refractivity contribution in [2.75, 3.05) is 4.90 Å². The number of amides is 1. The van der Waals surface area contributed by atoms with Crippen molar-refractivity contribution in [3.63, 3.8) is 0 Å². The van der Waals surface area contributed by atoms with Crippen LogP contribution in [0.4, 0.5) is 11.4 Å². The van der Waals surface area contributed by atoms with Crippen molar-refractivity contribution in [1.29, 1.82) is 0 Å². The molecule has 1 aliphatic heterocycles. The molecule has 3 aromatic carbocycles. The smallest absolute Gasteiger partial charge is 0.282 e. The number of carbonyl (C=O) groups excluding carboxylic acids is 1. The maximum absolute atomic E-state index is 13.2. The first-order chi connectivity index (χ1) is 15.0. The number of nitro benzene ring substituents is 1. The second kappa shape index (κ2) is 8.46. The van der Waals surface area contributed by atoms with Gasteiger partial charge in [-0.2, -0.15) is 0 Å². The van der Waals surface area contributed by atoms with Gasteiger partial charge in [-0.1, -0.05) is 72.8 Å². The van der Waals surface area contributed by atoms with Crippen LogP contribution in [0.3, 0.4) is 0 Å². The number of aromatic hydroxyl groups is 1. The van der Waals surface area contributed by atoms with Gasteiger partial charge in [0.05, 0.1) is 16.7 Å². The summed E-state index contributed by atoms with van der Waals surface area (Å²) in [6.07, 6.45) is 5.18. The van der Waals surface area contributed by atoms with Crippen molar-refractivity contribution in [1.82, 2.24) is 0 Å². The Bertz CT molecular complexity index is 1230. The molecule has 0 fully saturated rings. The average Bonchev–Trinajstić information content (AvgIpc) is 3.11. The molecule has 1 N–H and O–H groups in total. The highest BCUT2D eigenvalue weighted by atomic mass is 16.6. The molecular formula is C24H17N3O4. The first kappa shape index (κ1) is 19.8. The van der Waals surface area contributed by atoms with E-state index in [0.29, 0.717) is 11.4 Å². The molecule has 0 spiro atoms. The van der Waals surface area contributed by atoms with Crippen LogP contribution in [0.25, 0.3) is 6.08 Å². The van der Waals surface area contributed by atoms with Crippen LogP contribution in [-0.4, -0.2) is 21.8 Å². The minimum absolute atomic E-state index is 0.119. The number of aliphatic imine (C=N–C) groups is 1. The van der Waals surface area contributed by atoms with Crippen LogP contribution in [-0.2, 0) is 4.79 Å². The highest BCUT2D eigenvalue weighted by Gasteiger charge is 2.34. The first-order valence-electron chi connectivity index (χ1n) is 9.44. The molecule has 0 saturated heterocycles. The third kappa shape index (κ3) is 4.11. The Labute approximate surface area is 178 Å². The fraction of sp³-hybridized carbons (Fsp3) is 0. The number of allylic oxidation sites excluding steroid dienone is 2. The molecule has 31 heavy (non-hydrogen) atoms. The van der Waals surface area contributed by atoms with Gasteiger partial charge < -0.3 is 5.11 Å². The molecule has 3 aromatic rings. The lowest BCUT2D eigenvalue weighted by Crippen LogP contribution is -2.32. The maximum Gasteiger partial charge on any atom is 0.282 e. The number of hydrogen-bond acceptors (Lipinski definition) is 5. The zero-order valence-electron chi connectivity index (χ0n) is 16.3. The molecule has 0 aliphatic carbocycles. The molecule has 0 radical (unpaired) electrons. The number of rotatable bonds is 5. The number of phenolic OH excluding ortho intramolecular Hbond substituents is 1. The summed E-state index contributed by atoms with van der Waals surface area (Å²) in [6.45, 7) is 0. The summed E-state index contributed by atoms with van der Waals surface area (Å²) in [5.41, 5.74) is 1.68. The summed E-state index contributed by atoms with van der Waals surface area (Å²) in [5, 5.41) is 21.4. The van der Waals surface area contributed by atoms with E-state index in [0.717, 1.165) is 11.6 Å². The molecule has 0 atom stereocenters. The monoisotopic (exact) mass is 411 g/mol. The predicted molar refractivity (Wildman–Crippen MR) is 119 cm³/mol. The lowest BCUT2D eigenvalue weighted by atomic mass is 10.1. The molecule has 0 saturated carbocycles. The van der Waals surface area contributed by atoms with E-state index < -0.39 is 10.8 Å². The lowest BCUT2D eigenvalue weighted by molar-refractivity contribution is -0.384. The van der Waals surface area contributed by atoms with Crippen LogP contribution in [0.1, 0.15) is 11.1 Å². The topological polar surface area (TPSA) is 96.0 Å². The van der Waals surface area contributed by atoms with Gasteiger partial charge in [-0.15, -0.1) is 0 Å². The van der Waals surface area contributed by atoms with Gasteiger partial charge in [-0.25, -0.2) is 4.99 Å². The van der Waals surface area contributed by atoms with E-state index in [1.807, 2.05) is 54.6 Å². The van der Waals surface area contributed by atoms with Crippen LogP contribution < -0.4 is 4.90 Å². The Kier molecular flexibility index (Phi) is 5.40. The fourth-order valence-electron chi connectivity index (χ4n) is 3.16. The Morgan fingerprint density at radius 1 is 0.968 bits per heavy atom. The van der Waals surface area contributed by atoms with Gasteiger partial charge in [0, 0.05) is 11.6 Å². The maximum atomic E-state index is 13.2. The van der Waals surface area contributed by atoms with Crippen molar-refractivity contribution in [2.24, 2.45) is 4.99 Å². The zero-order chi connectivity index (χ0) is 21.8. The SMILES string of the molecule is O=C1C(=CC=Cc2ccccc2)N=C(c2ccccc2)N1c1ccc([N+](=O)[O-])cc1O. The van der Waals surface area contributed by atoms with Crippen LogP contribution >= 0.6 is 0 Å². The normalized spacial score (nSPS) is 15.0. The summed E-state index contributed by atoms with van der Waals surface area (Å²) in [6, 6.07) is 22.3. The highest BCUT2D eigenvalue weighted by Crippen LogP contribution is 2.35. The number of amidine groups is 1. The van der Waals surface area contributed by atoms with Crippen LogP contribution in [0.5, 0.6) is 5.75 Å². The van der Waals surface area contributed by atoms with E-state index in [9.17, 15) is 20.0 Å². The van der Waals surface area contributed by atoms with Crippen molar-refractivity contribution in [3.8, 4) is 5.75 Å². The fourth-order valence-corrected chi connectivity index (χ4v) is 3.16. The van der Waals surface area contributed by atoms with Gasteiger partial charge >= 0.3 is 0 Å². The number of carbonyl (C=O) groups is 1. The number of benzene rings is 3. The summed E-state index contributed by atoms with van der Waals surface area (Å²) in [4.78, 5) is 29.3. The number of non-ortho nitro benzene ring substituents is 1. The molecule has 1 aliphatic rings. The Morgan fingerprint density at radius 2 is 1.65 bits per heavy atom. The van der Waals surface area contributed by atoms with E-state index in [1.54, 1.807) is 24.3 Å². The summed E-state index contributed by atoms with van der Waals surface area (Å²) >= 11 is 0. The van der Waals surface area contributed by atoms with E-state index in [2.05, 4.69) is 4.99 Å². The molecular weight excluding hydrogens is 394 g/mol. The quantitative estimate of drug-likeness (QED) is 0.374. The summed E-state index contributed by atoms with van der Waals surface area (Å²) in [7, 11) is 0. The zero-order valence-corrected chi connectivity index (χ0v) is 16.3. The summed E-state index contributed by atoms with van der Waals surface area (Å²) < 4.78 is 0. The molecule has 152 valence electrons. The molecule has 0 bridgehead atoms. The molecule has 4 rings (SSSR count). The van der Waals surface area contributed by atoms with Crippen molar-refractivity contribution in [2.45, 2.75) is 0 Å². The minimum Gasteiger partial charge on any atom is -0.505 e. The number of hydrogen-bond donors (Lipinski definition) is 1. The number of nitrogens with zero attached hydrogens (tertiary/aromatic N) is 3. The Balaban J connectivity index is 1.75. The minimum atomic E-state index is -0.610. The molecule has 7 nitrogen and oxygen atoms in total. The Morgan fingerprint density at radius 3 is 2.29 bits per heavy atom. The molecule has 1 heterocycles. The highest BCUT2D eigenvalue weighted by molar-refractivity contribution is 6.32. The number of anilines is 1. The van der Waals surface area contributed by atoms with Crippen molar-refractivity contribution < 1.29 is 14.8 Å². The standard InChI is InChI=1S/C24H17N3O4/c28-22-16-19(27(30)31)14-15-21(22)26-23(18-11-5-2-6-12-18)25-20(24(26)29)13-7-10-17-8-3-1-4-9-17/h1-16,28H. The van der Waals surface area contributed by atoms with Crippen molar-refractivity contribution in [3.05, 3.63) is 118 Å². The van der Waals surface area contributed by atoms with E-state index >= 15 is 0 Å². The van der Waals surface area contributed by atoms with E-state index in [-0.39, 0.29) is 22.8 Å². The molecule has 0 aromatic heterocycles. The van der Waals surface area contributed by atoms with Gasteiger partial charge in [0.1, 0.15) is 17.3 Å². The average molecular weight is 411 g/mol. The summed E-state index contributed by atoms with van der Waals surface area (Å²) in [5.74, 6) is -0.498. The lowest BCUT2D eigenvalue weighted by Gasteiger charge is -2.19.